The third-order valence-electron chi connectivity index (χ3n) is 2.34. The number of hydrogen-bond acceptors (Lipinski definition) is 4. The summed E-state index contributed by atoms with van der Waals surface area (Å²) in [6, 6.07) is 10.2. The number of halogens is 1. The maximum atomic E-state index is 11.1. The van der Waals surface area contributed by atoms with Crippen LogP contribution in [0.25, 0.3) is 0 Å². The highest BCUT2D eigenvalue weighted by atomic mass is 79.9. The summed E-state index contributed by atoms with van der Waals surface area (Å²) >= 11 is 3.18. The van der Waals surface area contributed by atoms with Gasteiger partial charge in [-0.2, -0.15) is 5.26 Å². The van der Waals surface area contributed by atoms with E-state index in [2.05, 4.69) is 26.2 Å². The Morgan fingerprint density at radius 3 is 2.89 bits per heavy atom. The summed E-state index contributed by atoms with van der Waals surface area (Å²) in [6.07, 6.45) is 1.50. The van der Waals surface area contributed by atoms with Gasteiger partial charge < -0.3 is 10.4 Å². The number of carboxylic acids is 1. The van der Waals surface area contributed by atoms with Crippen molar-refractivity contribution in [2.45, 2.75) is 0 Å². The number of pyridine rings is 1. The van der Waals surface area contributed by atoms with E-state index in [9.17, 15) is 4.79 Å². The molecule has 19 heavy (non-hydrogen) atoms. The van der Waals surface area contributed by atoms with E-state index in [0.29, 0.717) is 15.7 Å². The molecule has 0 radical (unpaired) electrons. The maximum Gasteiger partial charge on any atom is 0.339 e. The van der Waals surface area contributed by atoms with E-state index in [-0.39, 0.29) is 11.4 Å². The third-order valence-corrected chi connectivity index (χ3v) is 2.77. The highest BCUT2D eigenvalue weighted by Crippen LogP contribution is 2.22. The molecule has 1 aromatic heterocycles. The normalized spacial score (nSPS) is 9.68. The van der Waals surface area contributed by atoms with Crippen LogP contribution in [0.3, 0.4) is 0 Å². The molecular weight excluding hydrogens is 310 g/mol. The first-order valence-electron chi connectivity index (χ1n) is 5.26. The number of rotatable bonds is 3. The minimum Gasteiger partial charge on any atom is -0.478 e. The van der Waals surface area contributed by atoms with Gasteiger partial charge >= 0.3 is 5.97 Å². The van der Waals surface area contributed by atoms with Crippen molar-refractivity contribution in [3.8, 4) is 6.07 Å². The molecule has 1 aromatic carbocycles. The van der Waals surface area contributed by atoms with Gasteiger partial charge in [0.05, 0.1) is 11.6 Å². The minimum absolute atomic E-state index is 0.0525. The molecule has 0 bridgehead atoms. The van der Waals surface area contributed by atoms with Crippen molar-refractivity contribution < 1.29 is 9.90 Å². The van der Waals surface area contributed by atoms with Crippen LogP contribution in [0.1, 0.15) is 15.9 Å². The molecule has 2 rings (SSSR count). The smallest absolute Gasteiger partial charge is 0.339 e. The predicted molar refractivity (Wildman–Crippen MR) is 73.3 cm³/mol. The lowest BCUT2D eigenvalue weighted by atomic mass is 10.2. The van der Waals surface area contributed by atoms with Gasteiger partial charge in [-0.25, -0.2) is 9.78 Å². The van der Waals surface area contributed by atoms with Crippen molar-refractivity contribution >= 4 is 33.4 Å². The zero-order chi connectivity index (χ0) is 13.8. The van der Waals surface area contributed by atoms with E-state index in [1.165, 1.54) is 12.3 Å². The third kappa shape index (κ3) is 3.09. The number of anilines is 2. The molecule has 5 nitrogen and oxygen atoms in total. The molecule has 0 aliphatic rings. The molecule has 2 aromatic rings. The zero-order valence-corrected chi connectivity index (χ0v) is 11.2. The molecule has 1 heterocycles. The molecule has 0 saturated carbocycles. The standard InChI is InChI=1S/C13H8BrN3O2/c14-9-5-11(13(18)19)12(16-7-9)17-10-3-1-2-8(4-10)6-15/h1-5,7H,(H,16,17)(H,18,19). The summed E-state index contributed by atoms with van der Waals surface area (Å²) in [5, 5.41) is 20.8. The van der Waals surface area contributed by atoms with E-state index in [1.807, 2.05) is 6.07 Å². The quantitative estimate of drug-likeness (QED) is 0.908. The first-order chi connectivity index (χ1) is 9.10. The molecule has 0 unspecified atom stereocenters. The van der Waals surface area contributed by atoms with Gasteiger partial charge in [-0.3, -0.25) is 0 Å². The van der Waals surface area contributed by atoms with E-state index < -0.39 is 5.97 Å². The fraction of sp³-hybridized carbons (Fsp3) is 0. The van der Waals surface area contributed by atoms with Crippen molar-refractivity contribution in [2.75, 3.05) is 5.32 Å². The number of aromatic nitrogens is 1. The summed E-state index contributed by atoms with van der Waals surface area (Å²) in [6.45, 7) is 0. The van der Waals surface area contributed by atoms with E-state index in [0.717, 1.165) is 0 Å². The number of carbonyl (C=O) groups is 1. The molecule has 94 valence electrons. The van der Waals surface area contributed by atoms with Gasteiger partial charge in [0.1, 0.15) is 11.4 Å². The van der Waals surface area contributed by atoms with Gasteiger partial charge in [0, 0.05) is 16.4 Å². The Morgan fingerprint density at radius 2 is 2.21 bits per heavy atom. The summed E-state index contributed by atoms with van der Waals surface area (Å²) < 4.78 is 0.584. The second-order valence-electron chi connectivity index (χ2n) is 3.67. The molecule has 0 atom stereocenters. The Labute approximate surface area is 117 Å². The van der Waals surface area contributed by atoms with Crippen LogP contribution >= 0.6 is 15.9 Å². The van der Waals surface area contributed by atoms with Crippen molar-refractivity contribution in [3.63, 3.8) is 0 Å². The predicted octanol–water partition coefficient (Wildman–Crippen LogP) is 3.16. The number of hydrogen-bond donors (Lipinski definition) is 2. The molecule has 6 heteroatoms. The Morgan fingerprint density at radius 1 is 1.42 bits per heavy atom. The van der Waals surface area contributed by atoms with Crippen molar-refractivity contribution in [3.05, 3.63) is 52.1 Å². The fourth-order valence-corrected chi connectivity index (χ4v) is 1.84. The second kappa shape index (κ2) is 5.50. The molecule has 0 aliphatic heterocycles. The van der Waals surface area contributed by atoms with Gasteiger partial charge in [-0.05, 0) is 40.2 Å². The second-order valence-corrected chi connectivity index (χ2v) is 4.59. The lowest BCUT2D eigenvalue weighted by Crippen LogP contribution is -2.05. The van der Waals surface area contributed by atoms with Gasteiger partial charge in [0.15, 0.2) is 0 Å². The molecule has 2 N–H and O–H groups in total. The first-order valence-corrected chi connectivity index (χ1v) is 6.05. The monoisotopic (exact) mass is 317 g/mol. The Balaban J connectivity index is 2.38. The summed E-state index contributed by atoms with van der Waals surface area (Å²) in [7, 11) is 0. The molecular formula is C13H8BrN3O2. The van der Waals surface area contributed by atoms with E-state index in [1.54, 1.807) is 24.3 Å². The van der Waals surface area contributed by atoms with Crippen LogP contribution in [0.4, 0.5) is 11.5 Å². The summed E-state index contributed by atoms with van der Waals surface area (Å²) in [5.74, 6) is -0.849. The molecule has 0 saturated heterocycles. The number of benzene rings is 1. The fourth-order valence-electron chi connectivity index (χ4n) is 1.51. The van der Waals surface area contributed by atoms with Crippen LogP contribution in [-0.4, -0.2) is 16.1 Å². The first kappa shape index (κ1) is 13.1. The van der Waals surface area contributed by atoms with Crippen molar-refractivity contribution in [1.82, 2.24) is 4.98 Å². The van der Waals surface area contributed by atoms with Crippen molar-refractivity contribution in [2.24, 2.45) is 0 Å². The van der Waals surface area contributed by atoms with E-state index in [4.69, 9.17) is 10.4 Å². The van der Waals surface area contributed by atoms with E-state index >= 15 is 0 Å². The van der Waals surface area contributed by atoms with Gasteiger partial charge in [0.25, 0.3) is 0 Å². The van der Waals surface area contributed by atoms with Gasteiger partial charge in [0.2, 0.25) is 0 Å². The Kier molecular flexibility index (Phi) is 3.78. The van der Waals surface area contributed by atoms with Crippen LogP contribution in [0.2, 0.25) is 0 Å². The number of nitrogens with zero attached hydrogens (tertiary/aromatic N) is 2. The van der Waals surface area contributed by atoms with Crippen LogP contribution in [0, 0.1) is 11.3 Å². The highest BCUT2D eigenvalue weighted by Gasteiger charge is 2.12. The molecule has 0 fully saturated rings. The average molecular weight is 318 g/mol. The zero-order valence-electron chi connectivity index (χ0n) is 9.59. The van der Waals surface area contributed by atoms with Crippen LogP contribution in [0.5, 0.6) is 0 Å². The SMILES string of the molecule is N#Cc1cccc(Nc2ncc(Br)cc2C(=O)O)c1. The number of nitriles is 1. The van der Waals surface area contributed by atoms with Crippen LogP contribution < -0.4 is 5.32 Å². The Bertz CT molecular complexity index is 680. The molecule has 0 spiro atoms. The summed E-state index contributed by atoms with van der Waals surface area (Å²) in [4.78, 5) is 15.2. The van der Waals surface area contributed by atoms with Gasteiger partial charge in [-0.15, -0.1) is 0 Å². The number of nitrogens with one attached hydrogen (secondary N) is 1. The topological polar surface area (TPSA) is 86.0 Å². The minimum atomic E-state index is -1.08. The molecule has 0 amide bonds. The number of carboxylic acid groups (broad SMARTS) is 1. The van der Waals surface area contributed by atoms with Crippen LogP contribution in [0.15, 0.2) is 41.0 Å². The largest absolute Gasteiger partial charge is 0.478 e. The Hall–Kier alpha value is -2.39. The number of aromatic carboxylic acids is 1. The maximum absolute atomic E-state index is 11.1. The molecule has 0 aliphatic carbocycles. The van der Waals surface area contributed by atoms with Crippen LogP contribution in [-0.2, 0) is 0 Å². The van der Waals surface area contributed by atoms with Gasteiger partial charge in [-0.1, -0.05) is 6.07 Å². The van der Waals surface area contributed by atoms with Crippen molar-refractivity contribution in [1.29, 1.82) is 5.26 Å². The average Bonchev–Trinajstić information content (AvgIpc) is 2.41. The lowest BCUT2D eigenvalue weighted by molar-refractivity contribution is 0.0697. The highest BCUT2D eigenvalue weighted by molar-refractivity contribution is 9.10. The lowest BCUT2D eigenvalue weighted by Gasteiger charge is -2.09. The summed E-state index contributed by atoms with van der Waals surface area (Å²) in [5.41, 5.74) is 1.15.